The maximum absolute atomic E-state index is 14.7. The molecule has 2 aromatic carbocycles. The van der Waals surface area contributed by atoms with Gasteiger partial charge in [0.25, 0.3) is 0 Å². The van der Waals surface area contributed by atoms with Crippen molar-refractivity contribution >= 4 is 0 Å². The molecule has 0 spiro atoms. The minimum atomic E-state index is -4.85. The van der Waals surface area contributed by atoms with E-state index in [4.69, 9.17) is 0 Å². The van der Waals surface area contributed by atoms with Crippen LogP contribution >= 0.6 is 0 Å². The summed E-state index contributed by atoms with van der Waals surface area (Å²) >= 11 is 0. The van der Waals surface area contributed by atoms with E-state index in [0.717, 1.165) is 12.1 Å². The number of aliphatic hydroxyl groups is 1. The second-order valence-electron chi connectivity index (χ2n) is 6.43. The summed E-state index contributed by atoms with van der Waals surface area (Å²) in [7, 11) is 0. The molecule has 0 amide bonds. The third kappa shape index (κ3) is 2.61. The van der Waals surface area contributed by atoms with Crippen molar-refractivity contribution in [1.29, 1.82) is 0 Å². The Bertz CT molecular complexity index is 782. The fourth-order valence-corrected chi connectivity index (χ4v) is 3.11. The summed E-state index contributed by atoms with van der Waals surface area (Å²) in [4.78, 5) is 0. The molecule has 0 heterocycles. The molecular weight excluding hydrogens is 346 g/mol. The molecule has 0 fully saturated rings. The Labute approximate surface area is 139 Å². The standard InChI is InChI=1S/C18H14F6O/c1-10-2-4-13(5-3-10)17(21,22)18(23,24)16(25)8-11-6-14(19)15(20)7-12(11)9-16/h2-7,25H,8-9H2,1H3. The van der Waals surface area contributed by atoms with Crippen LogP contribution in [0.25, 0.3) is 0 Å². The van der Waals surface area contributed by atoms with Crippen molar-refractivity contribution < 1.29 is 31.4 Å². The van der Waals surface area contributed by atoms with Crippen LogP contribution in [0, 0.1) is 18.6 Å². The van der Waals surface area contributed by atoms with Gasteiger partial charge in [0, 0.05) is 18.4 Å². The van der Waals surface area contributed by atoms with E-state index in [-0.39, 0.29) is 11.1 Å². The largest absolute Gasteiger partial charge is 0.383 e. The van der Waals surface area contributed by atoms with Gasteiger partial charge in [-0.2, -0.15) is 17.6 Å². The van der Waals surface area contributed by atoms with Crippen molar-refractivity contribution in [3.05, 3.63) is 70.3 Å². The normalized spacial score (nSPS) is 16.8. The molecule has 7 heteroatoms. The van der Waals surface area contributed by atoms with Crippen molar-refractivity contribution in [1.82, 2.24) is 0 Å². The van der Waals surface area contributed by atoms with Gasteiger partial charge in [-0.3, -0.25) is 0 Å². The summed E-state index contributed by atoms with van der Waals surface area (Å²) in [6.45, 7) is 1.62. The third-order valence-electron chi connectivity index (χ3n) is 4.60. The zero-order valence-corrected chi connectivity index (χ0v) is 13.1. The monoisotopic (exact) mass is 360 g/mol. The van der Waals surface area contributed by atoms with Crippen LogP contribution in [0.4, 0.5) is 26.3 Å². The summed E-state index contributed by atoms with van der Waals surface area (Å²) in [5, 5.41) is 10.3. The molecule has 1 N–H and O–H groups in total. The molecule has 0 saturated heterocycles. The fourth-order valence-electron chi connectivity index (χ4n) is 3.11. The lowest BCUT2D eigenvalue weighted by molar-refractivity contribution is -0.295. The average molecular weight is 360 g/mol. The molecule has 0 unspecified atom stereocenters. The highest BCUT2D eigenvalue weighted by molar-refractivity contribution is 5.39. The van der Waals surface area contributed by atoms with E-state index in [2.05, 4.69) is 0 Å². The molecule has 1 aliphatic rings. The molecule has 1 aliphatic carbocycles. The minimum absolute atomic E-state index is 0.110. The number of benzene rings is 2. The van der Waals surface area contributed by atoms with Gasteiger partial charge < -0.3 is 5.11 Å². The maximum Gasteiger partial charge on any atom is 0.343 e. The van der Waals surface area contributed by atoms with Gasteiger partial charge in [0.1, 0.15) is 5.60 Å². The maximum atomic E-state index is 14.7. The van der Waals surface area contributed by atoms with E-state index in [1.54, 1.807) is 6.92 Å². The van der Waals surface area contributed by atoms with E-state index < -0.39 is 47.5 Å². The Morgan fingerprint density at radius 3 is 1.76 bits per heavy atom. The Morgan fingerprint density at radius 2 is 1.32 bits per heavy atom. The lowest BCUT2D eigenvalue weighted by atomic mass is 9.85. The van der Waals surface area contributed by atoms with Gasteiger partial charge in [-0.1, -0.05) is 29.8 Å². The van der Waals surface area contributed by atoms with E-state index in [1.165, 1.54) is 12.1 Å². The van der Waals surface area contributed by atoms with Crippen LogP contribution in [0.3, 0.4) is 0 Å². The molecular formula is C18H14F6O. The predicted molar refractivity (Wildman–Crippen MR) is 78.7 cm³/mol. The van der Waals surface area contributed by atoms with Crippen LogP contribution < -0.4 is 0 Å². The van der Waals surface area contributed by atoms with Gasteiger partial charge in [0.15, 0.2) is 11.6 Å². The van der Waals surface area contributed by atoms with Crippen LogP contribution in [0.5, 0.6) is 0 Å². The number of alkyl halides is 4. The van der Waals surface area contributed by atoms with E-state index in [9.17, 15) is 31.4 Å². The highest BCUT2D eigenvalue weighted by Crippen LogP contribution is 2.53. The van der Waals surface area contributed by atoms with Gasteiger partial charge in [-0.25, -0.2) is 8.78 Å². The lowest BCUT2D eigenvalue weighted by Crippen LogP contribution is -2.58. The van der Waals surface area contributed by atoms with Crippen LogP contribution in [0.2, 0.25) is 0 Å². The zero-order valence-electron chi connectivity index (χ0n) is 13.1. The number of fused-ring (bicyclic) bond motifs is 1. The molecule has 25 heavy (non-hydrogen) atoms. The Balaban J connectivity index is 2.00. The third-order valence-corrected chi connectivity index (χ3v) is 4.60. The van der Waals surface area contributed by atoms with Crippen molar-refractivity contribution in [2.45, 2.75) is 37.2 Å². The van der Waals surface area contributed by atoms with Gasteiger partial charge in [0.05, 0.1) is 0 Å². The molecule has 0 atom stereocenters. The number of rotatable bonds is 3. The first-order valence-corrected chi connectivity index (χ1v) is 7.50. The van der Waals surface area contributed by atoms with E-state index >= 15 is 0 Å². The van der Waals surface area contributed by atoms with Crippen molar-refractivity contribution in [3.63, 3.8) is 0 Å². The smallest absolute Gasteiger partial charge is 0.343 e. The van der Waals surface area contributed by atoms with Gasteiger partial charge >= 0.3 is 11.8 Å². The average Bonchev–Trinajstić information content (AvgIpc) is 2.85. The molecule has 0 saturated carbocycles. The van der Waals surface area contributed by atoms with Crippen LogP contribution in [0.15, 0.2) is 36.4 Å². The van der Waals surface area contributed by atoms with Crippen molar-refractivity contribution in [2.75, 3.05) is 0 Å². The second kappa shape index (κ2) is 5.49. The van der Waals surface area contributed by atoms with Crippen LogP contribution in [-0.2, 0) is 18.8 Å². The summed E-state index contributed by atoms with van der Waals surface area (Å²) < 4.78 is 84.8. The molecule has 0 bridgehead atoms. The molecule has 0 aliphatic heterocycles. The second-order valence-corrected chi connectivity index (χ2v) is 6.43. The first-order valence-electron chi connectivity index (χ1n) is 7.50. The first kappa shape index (κ1) is 17.8. The van der Waals surface area contributed by atoms with Crippen LogP contribution in [0.1, 0.15) is 22.3 Å². The Hall–Kier alpha value is -2.02. The Morgan fingerprint density at radius 1 is 0.880 bits per heavy atom. The highest BCUT2D eigenvalue weighted by Gasteiger charge is 2.70. The summed E-state index contributed by atoms with van der Waals surface area (Å²) in [5.74, 6) is -12.1. The zero-order chi connectivity index (χ0) is 18.6. The number of hydrogen-bond acceptors (Lipinski definition) is 1. The van der Waals surface area contributed by atoms with E-state index in [0.29, 0.717) is 17.7 Å². The summed E-state index contributed by atoms with van der Waals surface area (Å²) in [6.07, 6.45) is -1.79. The Kier molecular flexibility index (Phi) is 3.91. The lowest BCUT2D eigenvalue weighted by Gasteiger charge is -2.37. The van der Waals surface area contributed by atoms with Crippen LogP contribution in [-0.4, -0.2) is 16.6 Å². The summed E-state index contributed by atoms with van der Waals surface area (Å²) in [6, 6.07) is 5.57. The quantitative estimate of drug-likeness (QED) is 0.798. The van der Waals surface area contributed by atoms with Gasteiger partial charge in [0.2, 0.25) is 0 Å². The minimum Gasteiger partial charge on any atom is -0.383 e. The first-order chi connectivity index (χ1) is 11.5. The van der Waals surface area contributed by atoms with E-state index in [1.807, 2.05) is 0 Å². The van der Waals surface area contributed by atoms with Gasteiger partial charge in [-0.05, 0) is 30.2 Å². The van der Waals surface area contributed by atoms with Gasteiger partial charge in [-0.15, -0.1) is 0 Å². The topological polar surface area (TPSA) is 20.2 Å². The van der Waals surface area contributed by atoms with Crippen molar-refractivity contribution in [3.8, 4) is 0 Å². The molecule has 0 aromatic heterocycles. The summed E-state index contributed by atoms with van der Waals surface area (Å²) in [5.41, 5.74) is -3.70. The number of aryl methyl sites for hydroxylation is 1. The highest BCUT2D eigenvalue weighted by atomic mass is 19.3. The number of halogens is 6. The SMILES string of the molecule is Cc1ccc(C(F)(F)C(F)(F)C2(O)Cc3cc(F)c(F)cc3C2)cc1. The number of hydrogen-bond donors (Lipinski definition) is 1. The molecule has 0 radical (unpaired) electrons. The molecule has 3 rings (SSSR count). The molecule has 2 aromatic rings. The molecule has 134 valence electrons. The fraction of sp³-hybridized carbons (Fsp3) is 0.333. The molecule has 1 nitrogen and oxygen atoms in total. The van der Waals surface area contributed by atoms with Crippen molar-refractivity contribution in [2.24, 2.45) is 0 Å². The predicted octanol–water partition coefficient (Wildman–Crippen LogP) is 4.53.